The van der Waals surface area contributed by atoms with Crippen LogP contribution >= 0.6 is 15.9 Å². The van der Waals surface area contributed by atoms with E-state index in [1.807, 2.05) is 0 Å². The lowest BCUT2D eigenvalue weighted by Crippen LogP contribution is -2.10. The monoisotopic (exact) mass is 355 g/mol. The summed E-state index contributed by atoms with van der Waals surface area (Å²) >= 11 is 3.05. The summed E-state index contributed by atoms with van der Waals surface area (Å²) in [4.78, 5) is 10.2. The number of benzene rings is 2. The van der Waals surface area contributed by atoms with Crippen LogP contribution in [0.15, 0.2) is 40.9 Å². The van der Waals surface area contributed by atoms with E-state index in [9.17, 15) is 14.5 Å². The van der Waals surface area contributed by atoms with Gasteiger partial charge in [0.2, 0.25) is 0 Å². The molecule has 0 aliphatic rings. The van der Waals surface area contributed by atoms with Gasteiger partial charge in [-0.05, 0) is 45.8 Å². The SMILES string of the molecule is NNc1cc(COc2ccc(Br)c(F)c2)ccc1[N+](=O)[O-]. The Kier molecular flexibility index (Phi) is 4.71. The third-order valence-corrected chi connectivity index (χ3v) is 3.35. The summed E-state index contributed by atoms with van der Waals surface area (Å²) in [6.45, 7) is 0.133. The molecule has 21 heavy (non-hydrogen) atoms. The molecule has 0 atom stereocenters. The minimum atomic E-state index is -0.538. The van der Waals surface area contributed by atoms with Gasteiger partial charge in [-0.2, -0.15) is 0 Å². The number of hydrogen-bond acceptors (Lipinski definition) is 5. The first-order valence-corrected chi connectivity index (χ1v) is 6.62. The van der Waals surface area contributed by atoms with E-state index < -0.39 is 10.7 Å². The van der Waals surface area contributed by atoms with E-state index in [0.29, 0.717) is 15.8 Å². The number of nitrogens with zero attached hydrogens (tertiary/aromatic N) is 1. The molecule has 110 valence electrons. The van der Waals surface area contributed by atoms with Gasteiger partial charge in [-0.3, -0.25) is 16.0 Å². The van der Waals surface area contributed by atoms with Crippen molar-refractivity contribution >= 4 is 27.3 Å². The second-order valence-corrected chi connectivity index (χ2v) is 4.97. The average molecular weight is 356 g/mol. The number of halogens is 2. The quantitative estimate of drug-likeness (QED) is 0.487. The molecule has 8 heteroatoms. The fourth-order valence-corrected chi connectivity index (χ4v) is 1.93. The van der Waals surface area contributed by atoms with Crippen molar-refractivity contribution in [1.82, 2.24) is 0 Å². The van der Waals surface area contributed by atoms with Gasteiger partial charge in [-0.15, -0.1) is 0 Å². The average Bonchev–Trinajstić information content (AvgIpc) is 2.48. The summed E-state index contributed by atoms with van der Waals surface area (Å²) in [6, 6.07) is 8.78. The van der Waals surface area contributed by atoms with E-state index in [2.05, 4.69) is 21.4 Å². The third-order valence-electron chi connectivity index (χ3n) is 2.71. The van der Waals surface area contributed by atoms with Gasteiger partial charge in [-0.1, -0.05) is 0 Å². The minimum Gasteiger partial charge on any atom is -0.489 e. The molecule has 0 saturated heterocycles. The largest absolute Gasteiger partial charge is 0.489 e. The molecule has 2 aromatic carbocycles. The van der Waals surface area contributed by atoms with E-state index in [1.165, 1.54) is 24.3 Å². The van der Waals surface area contributed by atoms with Crippen molar-refractivity contribution in [2.45, 2.75) is 6.61 Å². The van der Waals surface area contributed by atoms with Crippen molar-refractivity contribution < 1.29 is 14.1 Å². The van der Waals surface area contributed by atoms with E-state index in [-0.39, 0.29) is 18.0 Å². The Bertz CT molecular complexity index is 682. The van der Waals surface area contributed by atoms with Gasteiger partial charge in [-0.25, -0.2) is 4.39 Å². The summed E-state index contributed by atoms with van der Waals surface area (Å²) in [5.41, 5.74) is 2.99. The summed E-state index contributed by atoms with van der Waals surface area (Å²) in [6.07, 6.45) is 0. The minimum absolute atomic E-state index is 0.129. The van der Waals surface area contributed by atoms with Crippen molar-refractivity contribution in [2.24, 2.45) is 5.84 Å². The molecule has 0 unspecified atom stereocenters. The third kappa shape index (κ3) is 3.67. The first kappa shape index (κ1) is 15.2. The number of nitrogens with one attached hydrogen (secondary N) is 1. The highest BCUT2D eigenvalue weighted by Gasteiger charge is 2.13. The molecule has 2 aromatic rings. The summed E-state index contributed by atoms with van der Waals surface area (Å²) in [7, 11) is 0. The molecule has 3 N–H and O–H groups in total. The van der Waals surface area contributed by atoms with Gasteiger partial charge in [0.25, 0.3) is 5.69 Å². The van der Waals surface area contributed by atoms with E-state index in [0.717, 1.165) is 0 Å². The number of nitro benzene ring substituents is 1. The Morgan fingerprint density at radius 1 is 1.33 bits per heavy atom. The Morgan fingerprint density at radius 3 is 2.71 bits per heavy atom. The van der Waals surface area contributed by atoms with Gasteiger partial charge >= 0.3 is 0 Å². The number of nitrogens with two attached hydrogens (primary N) is 1. The van der Waals surface area contributed by atoms with Crippen molar-refractivity contribution in [3.63, 3.8) is 0 Å². The summed E-state index contributed by atoms with van der Waals surface area (Å²) in [5.74, 6) is 5.18. The maximum atomic E-state index is 13.3. The van der Waals surface area contributed by atoms with Crippen LogP contribution in [-0.2, 0) is 6.61 Å². The molecule has 0 heterocycles. The normalized spacial score (nSPS) is 10.2. The topological polar surface area (TPSA) is 90.4 Å². The van der Waals surface area contributed by atoms with Gasteiger partial charge < -0.3 is 10.2 Å². The predicted octanol–water partition coefficient (Wildman–Crippen LogP) is 3.36. The smallest absolute Gasteiger partial charge is 0.293 e. The first-order chi connectivity index (χ1) is 10.0. The van der Waals surface area contributed by atoms with Crippen LogP contribution in [0.4, 0.5) is 15.8 Å². The molecule has 2 rings (SSSR count). The molecular formula is C13H11BrFN3O3. The van der Waals surface area contributed by atoms with Crippen LogP contribution in [-0.4, -0.2) is 4.92 Å². The van der Waals surface area contributed by atoms with Crippen LogP contribution in [0.1, 0.15) is 5.56 Å². The molecule has 0 bridgehead atoms. The maximum absolute atomic E-state index is 13.3. The van der Waals surface area contributed by atoms with Crippen molar-refractivity contribution in [3.8, 4) is 5.75 Å². The lowest BCUT2D eigenvalue weighted by Gasteiger charge is -2.08. The van der Waals surface area contributed by atoms with Crippen molar-refractivity contribution in [1.29, 1.82) is 0 Å². The number of nitro groups is 1. The second-order valence-electron chi connectivity index (χ2n) is 4.12. The maximum Gasteiger partial charge on any atom is 0.293 e. The number of nitrogen functional groups attached to an aromatic ring is 1. The second kappa shape index (κ2) is 6.51. The van der Waals surface area contributed by atoms with Gasteiger partial charge in [0.1, 0.15) is 23.9 Å². The number of anilines is 1. The van der Waals surface area contributed by atoms with Crippen molar-refractivity contribution in [3.05, 3.63) is 62.4 Å². The van der Waals surface area contributed by atoms with Crippen LogP contribution in [0.5, 0.6) is 5.75 Å². The standard InChI is InChI=1S/C13H11BrFN3O3/c14-10-3-2-9(6-11(10)15)21-7-8-1-4-13(18(19)20)12(5-8)17-16/h1-6,17H,7,16H2. The zero-order chi connectivity index (χ0) is 15.4. The Labute approximate surface area is 128 Å². The zero-order valence-electron chi connectivity index (χ0n) is 10.7. The fraction of sp³-hybridized carbons (Fsp3) is 0.0769. The number of hydrogen-bond donors (Lipinski definition) is 2. The van der Waals surface area contributed by atoms with Gasteiger partial charge in [0.05, 0.1) is 9.40 Å². The molecule has 0 amide bonds. The molecule has 0 aliphatic heterocycles. The van der Waals surface area contributed by atoms with E-state index >= 15 is 0 Å². The predicted molar refractivity (Wildman–Crippen MR) is 79.3 cm³/mol. The zero-order valence-corrected chi connectivity index (χ0v) is 12.3. The highest BCUT2D eigenvalue weighted by Crippen LogP contribution is 2.26. The summed E-state index contributed by atoms with van der Waals surface area (Å²) in [5, 5.41) is 10.8. The highest BCUT2D eigenvalue weighted by atomic mass is 79.9. The summed E-state index contributed by atoms with van der Waals surface area (Å²) < 4.78 is 19.1. The molecule has 0 radical (unpaired) electrons. The fourth-order valence-electron chi connectivity index (χ4n) is 1.68. The van der Waals surface area contributed by atoms with Crippen LogP contribution in [0.2, 0.25) is 0 Å². The van der Waals surface area contributed by atoms with E-state index in [1.54, 1.807) is 12.1 Å². The highest BCUT2D eigenvalue weighted by molar-refractivity contribution is 9.10. The number of ether oxygens (including phenoxy) is 1. The Balaban J connectivity index is 2.13. The molecular weight excluding hydrogens is 345 g/mol. The molecule has 0 aromatic heterocycles. The molecule has 6 nitrogen and oxygen atoms in total. The molecule has 0 fully saturated rings. The lowest BCUT2D eigenvalue weighted by molar-refractivity contribution is -0.384. The van der Waals surface area contributed by atoms with Crippen LogP contribution < -0.4 is 16.0 Å². The number of rotatable bonds is 5. The van der Waals surface area contributed by atoms with Gasteiger partial charge in [0.15, 0.2) is 0 Å². The van der Waals surface area contributed by atoms with Gasteiger partial charge in [0, 0.05) is 12.1 Å². The Hall–Kier alpha value is -2.19. The number of hydrazine groups is 1. The van der Waals surface area contributed by atoms with E-state index in [4.69, 9.17) is 10.6 Å². The van der Waals surface area contributed by atoms with Crippen LogP contribution in [0.3, 0.4) is 0 Å². The lowest BCUT2D eigenvalue weighted by atomic mass is 10.2. The van der Waals surface area contributed by atoms with Crippen molar-refractivity contribution in [2.75, 3.05) is 5.43 Å². The van der Waals surface area contributed by atoms with Crippen LogP contribution in [0.25, 0.3) is 0 Å². The molecule has 0 saturated carbocycles. The molecule has 0 spiro atoms. The molecule has 0 aliphatic carbocycles. The van der Waals surface area contributed by atoms with Crippen LogP contribution in [0, 0.1) is 15.9 Å². The first-order valence-electron chi connectivity index (χ1n) is 5.83. The Morgan fingerprint density at radius 2 is 2.10 bits per heavy atom.